The van der Waals surface area contributed by atoms with E-state index in [9.17, 15) is 0 Å². The third-order valence-corrected chi connectivity index (χ3v) is 5.50. The molecule has 0 saturated heterocycles. The summed E-state index contributed by atoms with van der Waals surface area (Å²) in [6.45, 7) is 0.557. The van der Waals surface area contributed by atoms with Gasteiger partial charge >= 0.3 is 0 Å². The molecule has 0 aliphatic carbocycles. The summed E-state index contributed by atoms with van der Waals surface area (Å²) < 4.78 is 18.2. The smallest absolute Gasteiger partial charge is 0.192 e. The summed E-state index contributed by atoms with van der Waals surface area (Å²) in [5.74, 6) is 4.05. The van der Waals surface area contributed by atoms with Crippen molar-refractivity contribution >= 4 is 11.8 Å². The molecule has 7 heteroatoms. The molecule has 29 heavy (non-hydrogen) atoms. The zero-order chi connectivity index (χ0) is 20.1. The Morgan fingerprint density at radius 3 is 2.48 bits per heavy atom. The van der Waals surface area contributed by atoms with Crippen molar-refractivity contribution in [3.05, 3.63) is 78.3 Å². The van der Waals surface area contributed by atoms with Crippen LogP contribution in [-0.2, 0) is 12.3 Å². The zero-order valence-electron chi connectivity index (χ0n) is 16.2. The minimum absolute atomic E-state index is 0.557. The average molecular weight is 407 g/mol. The van der Waals surface area contributed by atoms with Crippen molar-refractivity contribution in [3.8, 4) is 22.9 Å². The van der Waals surface area contributed by atoms with Gasteiger partial charge < -0.3 is 13.9 Å². The standard InChI is InChI=1S/C22H21N3O3S/c1-26-18-10-8-17(9-11-18)21-23-24-22(25(21)14-20-7-4-12-28-20)29-15-16-5-3-6-19(13-16)27-2/h3-13H,14-15H2,1-2H3. The molecule has 0 aliphatic heterocycles. The number of furan rings is 1. The average Bonchev–Trinajstić information content (AvgIpc) is 3.43. The third kappa shape index (κ3) is 4.46. The van der Waals surface area contributed by atoms with Gasteiger partial charge in [0.1, 0.15) is 17.3 Å². The first-order chi connectivity index (χ1) is 14.3. The van der Waals surface area contributed by atoms with Gasteiger partial charge in [0.2, 0.25) is 0 Å². The lowest BCUT2D eigenvalue weighted by Crippen LogP contribution is -2.03. The van der Waals surface area contributed by atoms with Crippen LogP contribution in [0.5, 0.6) is 11.5 Å². The van der Waals surface area contributed by atoms with Crippen molar-refractivity contribution < 1.29 is 13.9 Å². The van der Waals surface area contributed by atoms with Crippen molar-refractivity contribution in [1.29, 1.82) is 0 Å². The summed E-state index contributed by atoms with van der Waals surface area (Å²) in [5, 5.41) is 9.73. The first-order valence-electron chi connectivity index (χ1n) is 9.12. The summed E-state index contributed by atoms with van der Waals surface area (Å²) in [5.41, 5.74) is 2.13. The highest BCUT2D eigenvalue weighted by Gasteiger charge is 2.16. The van der Waals surface area contributed by atoms with Crippen LogP contribution < -0.4 is 9.47 Å². The molecule has 0 bridgehead atoms. The first kappa shape index (κ1) is 19.1. The maximum Gasteiger partial charge on any atom is 0.192 e. The molecule has 4 rings (SSSR count). The number of hydrogen-bond acceptors (Lipinski definition) is 6. The van der Waals surface area contributed by atoms with Crippen molar-refractivity contribution in [2.45, 2.75) is 17.5 Å². The van der Waals surface area contributed by atoms with Gasteiger partial charge in [-0.15, -0.1) is 10.2 Å². The lowest BCUT2D eigenvalue weighted by Gasteiger charge is -2.10. The number of aromatic nitrogens is 3. The molecule has 0 N–H and O–H groups in total. The quantitative estimate of drug-likeness (QED) is 0.387. The van der Waals surface area contributed by atoms with Crippen LogP contribution >= 0.6 is 11.8 Å². The second-order valence-corrected chi connectivity index (χ2v) is 7.28. The van der Waals surface area contributed by atoms with Gasteiger partial charge in [0.05, 0.1) is 27.0 Å². The lowest BCUT2D eigenvalue weighted by molar-refractivity contribution is 0.414. The van der Waals surface area contributed by atoms with E-state index in [1.165, 1.54) is 0 Å². The van der Waals surface area contributed by atoms with Crippen molar-refractivity contribution in [1.82, 2.24) is 14.8 Å². The van der Waals surface area contributed by atoms with E-state index in [4.69, 9.17) is 13.9 Å². The van der Waals surface area contributed by atoms with E-state index in [1.807, 2.05) is 54.6 Å². The van der Waals surface area contributed by atoms with Crippen LogP contribution in [0, 0.1) is 0 Å². The minimum atomic E-state index is 0.557. The van der Waals surface area contributed by atoms with E-state index >= 15 is 0 Å². The summed E-state index contributed by atoms with van der Waals surface area (Å²) >= 11 is 1.63. The van der Waals surface area contributed by atoms with Crippen molar-refractivity contribution in [3.63, 3.8) is 0 Å². The number of thioether (sulfide) groups is 1. The second-order valence-electron chi connectivity index (χ2n) is 6.34. The number of rotatable bonds is 8. The highest BCUT2D eigenvalue weighted by atomic mass is 32.2. The van der Waals surface area contributed by atoms with Gasteiger partial charge in [0, 0.05) is 11.3 Å². The number of nitrogens with zero attached hydrogens (tertiary/aromatic N) is 3. The molecule has 2 heterocycles. The van der Waals surface area contributed by atoms with Gasteiger partial charge in [-0.2, -0.15) is 0 Å². The predicted octanol–water partition coefficient (Wildman–Crippen LogP) is 4.90. The van der Waals surface area contributed by atoms with Crippen LogP contribution in [0.2, 0.25) is 0 Å². The molecule has 2 aromatic heterocycles. The molecule has 2 aromatic carbocycles. The van der Waals surface area contributed by atoms with E-state index in [-0.39, 0.29) is 0 Å². The second kappa shape index (κ2) is 8.87. The van der Waals surface area contributed by atoms with Crippen LogP contribution in [0.25, 0.3) is 11.4 Å². The van der Waals surface area contributed by atoms with Crippen molar-refractivity contribution in [2.24, 2.45) is 0 Å². The molecular weight excluding hydrogens is 386 g/mol. The highest BCUT2D eigenvalue weighted by Crippen LogP contribution is 2.29. The summed E-state index contributed by atoms with van der Waals surface area (Å²) in [4.78, 5) is 0. The minimum Gasteiger partial charge on any atom is -0.497 e. The molecule has 148 valence electrons. The Morgan fingerprint density at radius 2 is 1.76 bits per heavy atom. The molecule has 0 amide bonds. The van der Waals surface area contributed by atoms with Crippen LogP contribution in [0.4, 0.5) is 0 Å². The monoisotopic (exact) mass is 407 g/mol. The molecule has 0 saturated carbocycles. The molecule has 0 spiro atoms. The zero-order valence-corrected chi connectivity index (χ0v) is 17.1. The van der Waals surface area contributed by atoms with Crippen LogP contribution in [0.3, 0.4) is 0 Å². The van der Waals surface area contributed by atoms with Gasteiger partial charge in [0.25, 0.3) is 0 Å². The largest absolute Gasteiger partial charge is 0.497 e. The first-order valence-corrected chi connectivity index (χ1v) is 10.1. The van der Waals surface area contributed by atoms with Gasteiger partial charge in [-0.25, -0.2) is 0 Å². The Kier molecular flexibility index (Phi) is 5.86. The number of ether oxygens (including phenoxy) is 2. The maximum atomic E-state index is 5.56. The van der Waals surface area contributed by atoms with E-state index in [1.54, 1.807) is 32.2 Å². The fourth-order valence-electron chi connectivity index (χ4n) is 2.96. The Bertz CT molecular complexity index is 1060. The number of benzene rings is 2. The van der Waals surface area contributed by atoms with Gasteiger partial charge in [-0.3, -0.25) is 4.57 Å². The topological polar surface area (TPSA) is 62.3 Å². The Balaban J connectivity index is 1.62. The molecular formula is C22H21N3O3S. The molecule has 4 aromatic rings. The summed E-state index contributed by atoms with van der Waals surface area (Å²) in [6.07, 6.45) is 1.68. The molecule has 6 nitrogen and oxygen atoms in total. The van der Waals surface area contributed by atoms with E-state index < -0.39 is 0 Å². The van der Waals surface area contributed by atoms with E-state index in [0.717, 1.165) is 45.1 Å². The summed E-state index contributed by atoms with van der Waals surface area (Å²) in [6, 6.07) is 19.7. The fourth-order valence-corrected chi connectivity index (χ4v) is 3.84. The Morgan fingerprint density at radius 1 is 0.931 bits per heavy atom. The molecule has 0 radical (unpaired) electrons. The van der Waals surface area contributed by atoms with Crippen LogP contribution in [-0.4, -0.2) is 29.0 Å². The lowest BCUT2D eigenvalue weighted by atomic mass is 10.2. The third-order valence-electron chi connectivity index (χ3n) is 4.46. The maximum absolute atomic E-state index is 5.56. The predicted molar refractivity (Wildman–Crippen MR) is 112 cm³/mol. The molecule has 0 unspecified atom stereocenters. The Hall–Kier alpha value is -3.19. The number of hydrogen-bond donors (Lipinski definition) is 0. The van der Waals surface area contributed by atoms with Crippen molar-refractivity contribution in [2.75, 3.05) is 14.2 Å². The van der Waals surface area contributed by atoms with Gasteiger partial charge in [-0.05, 0) is 54.1 Å². The highest BCUT2D eigenvalue weighted by molar-refractivity contribution is 7.98. The van der Waals surface area contributed by atoms with Gasteiger partial charge in [-0.1, -0.05) is 23.9 Å². The SMILES string of the molecule is COc1ccc(-c2nnc(SCc3cccc(OC)c3)n2Cc2ccco2)cc1. The molecule has 0 fully saturated rings. The van der Waals surface area contributed by atoms with E-state index in [2.05, 4.69) is 20.8 Å². The molecule has 0 aliphatic rings. The summed E-state index contributed by atoms with van der Waals surface area (Å²) in [7, 11) is 3.33. The van der Waals surface area contributed by atoms with E-state index in [0.29, 0.717) is 6.54 Å². The normalized spacial score (nSPS) is 10.8. The fraction of sp³-hybridized carbons (Fsp3) is 0.182. The van der Waals surface area contributed by atoms with Crippen LogP contribution in [0.1, 0.15) is 11.3 Å². The number of methoxy groups -OCH3 is 2. The van der Waals surface area contributed by atoms with Gasteiger partial charge in [0.15, 0.2) is 11.0 Å². The van der Waals surface area contributed by atoms with Crippen LogP contribution in [0.15, 0.2) is 76.5 Å². The molecule has 0 atom stereocenters. The Labute approximate surface area is 173 Å².